The molecule has 4 rings (SSSR count). The molecular formula is C24H22INO. The Kier molecular flexibility index (Phi) is 4.81. The Labute approximate surface area is 174 Å². The van der Waals surface area contributed by atoms with E-state index < -0.39 is 0 Å². The van der Waals surface area contributed by atoms with Crippen LogP contribution in [0.1, 0.15) is 28.7 Å². The quantitative estimate of drug-likeness (QED) is 0.479. The van der Waals surface area contributed by atoms with Gasteiger partial charge in [0.05, 0.1) is 5.92 Å². The molecule has 3 heteroatoms. The minimum absolute atomic E-state index is 0.0535. The maximum Gasteiger partial charge on any atom is 0.228 e. The second kappa shape index (κ2) is 7.12. The lowest BCUT2D eigenvalue weighted by Crippen LogP contribution is -2.22. The van der Waals surface area contributed by atoms with Crippen molar-refractivity contribution in [2.75, 3.05) is 5.32 Å². The van der Waals surface area contributed by atoms with Crippen LogP contribution in [-0.2, 0) is 10.2 Å². The van der Waals surface area contributed by atoms with Crippen molar-refractivity contribution in [2.45, 2.75) is 25.7 Å². The number of anilines is 1. The molecule has 1 saturated carbocycles. The highest BCUT2D eigenvalue weighted by Gasteiger charge is 2.60. The number of amides is 1. The van der Waals surface area contributed by atoms with Gasteiger partial charge < -0.3 is 5.32 Å². The average Bonchev–Trinajstić information content (AvgIpc) is 3.42. The topological polar surface area (TPSA) is 29.1 Å². The molecule has 3 aromatic carbocycles. The highest BCUT2D eigenvalue weighted by Crippen LogP contribution is 2.59. The molecule has 0 unspecified atom stereocenters. The molecule has 1 aliphatic carbocycles. The van der Waals surface area contributed by atoms with Crippen molar-refractivity contribution >= 4 is 34.2 Å². The smallest absolute Gasteiger partial charge is 0.228 e. The molecule has 0 saturated heterocycles. The number of nitrogens with one attached hydrogen (secondary N) is 1. The van der Waals surface area contributed by atoms with Gasteiger partial charge in [-0.1, -0.05) is 59.7 Å². The van der Waals surface area contributed by atoms with Crippen molar-refractivity contribution in [1.29, 1.82) is 0 Å². The lowest BCUT2D eigenvalue weighted by molar-refractivity contribution is -0.117. The van der Waals surface area contributed by atoms with Gasteiger partial charge in [0, 0.05) is 14.7 Å². The Morgan fingerprint density at radius 3 is 1.81 bits per heavy atom. The SMILES string of the molecule is Cc1ccc(C2(c3ccc(C)cc3)C[C@H]2C(=O)Nc2ccc(I)cc2)cc1. The third-order valence-corrected chi connectivity index (χ3v) is 6.24. The van der Waals surface area contributed by atoms with Crippen molar-refractivity contribution in [1.82, 2.24) is 0 Å². The fourth-order valence-corrected chi connectivity index (χ4v) is 4.21. The van der Waals surface area contributed by atoms with E-state index in [-0.39, 0.29) is 17.2 Å². The molecule has 3 aromatic rings. The zero-order chi connectivity index (χ0) is 19.0. The molecule has 27 heavy (non-hydrogen) atoms. The Balaban J connectivity index is 1.66. The minimum atomic E-state index is -0.227. The summed E-state index contributed by atoms with van der Waals surface area (Å²) < 4.78 is 1.16. The highest BCUT2D eigenvalue weighted by atomic mass is 127. The van der Waals surface area contributed by atoms with E-state index in [1.165, 1.54) is 22.3 Å². The maximum atomic E-state index is 13.0. The van der Waals surface area contributed by atoms with E-state index in [9.17, 15) is 4.79 Å². The number of rotatable bonds is 4. The molecule has 1 amide bonds. The van der Waals surface area contributed by atoms with Crippen LogP contribution in [-0.4, -0.2) is 5.91 Å². The standard InChI is InChI=1S/C24H22INO/c1-16-3-7-18(8-4-16)24(19-9-5-17(2)6-10-19)15-22(24)23(27)26-21-13-11-20(25)12-14-21/h3-14,22H,15H2,1-2H3,(H,26,27)/t22-/m0/s1. The summed E-state index contributed by atoms with van der Waals surface area (Å²) in [6.45, 7) is 4.19. The molecule has 2 nitrogen and oxygen atoms in total. The molecule has 0 radical (unpaired) electrons. The van der Waals surface area contributed by atoms with E-state index in [2.05, 4.69) is 90.3 Å². The molecule has 0 aromatic heterocycles. The second-order valence-corrected chi connectivity index (χ2v) is 8.70. The number of aryl methyl sites for hydroxylation is 2. The predicted octanol–water partition coefficient (Wildman–Crippen LogP) is 5.85. The Morgan fingerprint density at radius 1 is 0.852 bits per heavy atom. The van der Waals surface area contributed by atoms with Gasteiger partial charge in [-0.2, -0.15) is 0 Å². The lowest BCUT2D eigenvalue weighted by atomic mass is 9.85. The maximum absolute atomic E-state index is 13.0. The van der Waals surface area contributed by atoms with Gasteiger partial charge in [0.15, 0.2) is 0 Å². The lowest BCUT2D eigenvalue weighted by Gasteiger charge is -2.19. The summed E-state index contributed by atoms with van der Waals surface area (Å²) in [4.78, 5) is 13.0. The molecular weight excluding hydrogens is 445 g/mol. The van der Waals surface area contributed by atoms with E-state index in [1.54, 1.807) is 0 Å². The first-order valence-electron chi connectivity index (χ1n) is 9.20. The summed E-state index contributed by atoms with van der Waals surface area (Å²) in [5.74, 6) is 0.0412. The summed E-state index contributed by atoms with van der Waals surface area (Å²) >= 11 is 2.27. The van der Waals surface area contributed by atoms with E-state index in [0.717, 1.165) is 15.7 Å². The van der Waals surface area contributed by atoms with E-state index in [0.29, 0.717) is 0 Å². The first kappa shape index (κ1) is 18.2. The van der Waals surface area contributed by atoms with E-state index in [1.807, 2.05) is 24.3 Å². The largest absolute Gasteiger partial charge is 0.326 e. The van der Waals surface area contributed by atoms with Crippen molar-refractivity contribution in [2.24, 2.45) is 5.92 Å². The number of halogens is 1. The molecule has 1 N–H and O–H groups in total. The third-order valence-electron chi connectivity index (χ3n) is 5.52. The van der Waals surface area contributed by atoms with Crippen LogP contribution in [0.5, 0.6) is 0 Å². The molecule has 0 heterocycles. The zero-order valence-corrected chi connectivity index (χ0v) is 17.7. The Bertz CT molecular complexity index is 913. The summed E-state index contributed by atoms with van der Waals surface area (Å²) in [6.07, 6.45) is 0.843. The van der Waals surface area contributed by atoms with Crippen molar-refractivity contribution < 1.29 is 4.79 Å². The van der Waals surface area contributed by atoms with Crippen LogP contribution in [0, 0.1) is 23.3 Å². The summed E-state index contributed by atoms with van der Waals surface area (Å²) in [5, 5.41) is 3.11. The first-order valence-corrected chi connectivity index (χ1v) is 10.3. The fraction of sp³-hybridized carbons (Fsp3) is 0.208. The van der Waals surface area contributed by atoms with Crippen molar-refractivity contribution in [3.8, 4) is 0 Å². The number of carbonyl (C=O) groups is 1. The summed E-state index contributed by atoms with van der Waals surface area (Å²) in [6, 6.07) is 25.2. The van der Waals surface area contributed by atoms with Crippen LogP contribution in [0.4, 0.5) is 5.69 Å². The molecule has 0 bridgehead atoms. The van der Waals surface area contributed by atoms with Gasteiger partial charge in [-0.05, 0) is 78.3 Å². The van der Waals surface area contributed by atoms with Crippen LogP contribution >= 0.6 is 22.6 Å². The first-order chi connectivity index (χ1) is 13.0. The van der Waals surface area contributed by atoms with Gasteiger partial charge in [0.2, 0.25) is 5.91 Å². The zero-order valence-electron chi connectivity index (χ0n) is 15.5. The van der Waals surface area contributed by atoms with Crippen LogP contribution in [0.15, 0.2) is 72.8 Å². The predicted molar refractivity (Wildman–Crippen MR) is 119 cm³/mol. The van der Waals surface area contributed by atoms with Crippen LogP contribution in [0.3, 0.4) is 0 Å². The van der Waals surface area contributed by atoms with Gasteiger partial charge in [0.25, 0.3) is 0 Å². The summed E-state index contributed by atoms with van der Waals surface area (Å²) in [5.41, 5.74) is 5.54. The molecule has 0 spiro atoms. The van der Waals surface area contributed by atoms with Crippen LogP contribution in [0.2, 0.25) is 0 Å². The minimum Gasteiger partial charge on any atom is -0.326 e. The van der Waals surface area contributed by atoms with Crippen LogP contribution < -0.4 is 5.32 Å². The third kappa shape index (κ3) is 3.53. The molecule has 1 atom stereocenters. The van der Waals surface area contributed by atoms with Crippen molar-refractivity contribution in [3.05, 3.63) is 98.6 Å². The second-order valence-electron chi connectivity index (χ2n) is 7.46. The number of hydrogen-bond acceptors (Lipinski definition) is 1. The highest BCUT2D eigenvalue weighted by molar-refractivity contribution is 14.1. The molecule has 136 valence electrons. The van der Waals surface area contributed by atoms with E-state index >= 15 is 0 Å². The van der Waals surface area contributed by atoms with Gasteiger partial charge in [-0.25, -0.2) is 0 Å². The Hall–Kier alpha value is -2.14. The molecule has 0 aliphatic heterocycles. The van der Waals surface area contributed by atoms with Gasteiger partial charge in [-0.15, -0.1) is 0 Å². The van der Waals surface area contributed by atoms with E-state index in [4.69, 9.17) is 0 Å². The fourth-order valence-electron chi connectivity index (χ4n) is 3.85. The Morgan fingerprint density at radius 2 is 1.33 bits per heavy atom. The van der Waals surface area contributed by atoms with Gasteiger partial charge in [0.1, 0.15) is 0 Å². The van der Waals surface area contributed by atoms with Crippen LogP contribution in [0.25, 0.3) is 0 Å². The number of hydrogen-bond donors (Lipinski definition) is 1. The molecule has 1 aliphatic rings. The van der Waals surface area contributed by atoms with Gasteiger partial charge >= 0.3 is 0 Å². The molecule has 1 fully saturated rings. The number of carbonyl (C=O) groups excluding carboxylic acids is 1. The average molecular weight is 467 g/mol. The monoisotopic (exact) mass is 467 g/mol. The van der Waals surface area contributed by atoms with Gasteiger partial charge in [-0.3, -0.25) is 4.79 Å². The summed E-state index contributed by atoms with van der Waals surface area (Å²) in [7, 11) is 0. The van der Waals surface area contributed by atoms with Crippen molar-refractivity contribution in [3.63, 3.8) is 0 Å². The normalized spacial score (nSPS) is 17.4. The number of benzene rings is 3.